The van der Waals surface area contributed by atoms with Crippen LogP contribution in [0.4, 0.5) is 0 Å². The molecule has 1 aromatic carbocycles. The third-order valence-electron chi connectivity index (χ3n) is 2.40. The number of amides is 1. The third kappa shape index (κ3) is 5.18. The Bertz CT molecular complexity index is 563. The molecule has 0 saturated heterocycles. The van der Waals surface area contributed by atoms with E-state index in [1.807, 2.05) is 13.8 Å². The second-order valence-electron chi connectivity index (χ2n) is 4.62. The van der Waals surface area contributed by atoms with Crippen LogP contribution in [0.15, 0.2) is 23.9 Å². The Morgan fingerprint density at radius 2 is 1.95 bits per heavy atom. The maximum atomic E-state index is 11.1. The lowest BCUT2D eigenvalue weighted by Gasteiger charge is -2.14. The number of methoxy groups -OCH3 is 1. The molecule has 0 aliphatic heterocycles. The van der Waals surface area contributed by atoms with Gasteiger partial charge in [-0.2, -0.15) is 0 Å². The second-order valence-corrected chi connectivity index (χ2v) is 4.62. The van der Waals surface area contributed by atoms with Crippen LogP contribution in [0, 0.1) is 0 Å². The van der Waals surface area contributed by atoms with Gasteiger partial charge in [-0.3, -0.25) is 4.79 Å². The van der Waals surface area contributed by atoms with Crippen molar-refractivity contribution in [1.29, 1.82) is 0 Å². The summed E-state index contributed by atoms with van der Waals surface area (Å²) in [4.78, 5) is 22.1. The van der Waals surface area contributed by atoms with Crippen LogP contribution in [-0.4, -0.2) is 30.2 Å². The fraction of sp³-hybridized carbons (Fsp3) is 0.333. The molecule has 1 amide bonds. The quantitative estimate of drug-likeness (QED) is 0.784. The van der Waals surface area contributed by atoms with E-state index in [0.29, 0.717) is 17.1 Å². The number of ether oxygens (including phenoxy) is 2. The molecule has 0 spiro atoms. The highest BCUT2D eigenvalue weighted by molar-refractivity contribution is 5.96. The van der Waals surface area contributed by atoms with Crippen molar-refractivity contribution in [2.45, 2.75) is 26.9 Å². The van der Waals surface area contributed by atoms with Gasteiger partial charge in [-0.25, -0.2) is 4.79 Å². The van der Waals surface area contributed by atoms with Gasteiger partial charge >= 0.3 is 5.97 Å². The molecule has 0 fully saturated rings. The molecule has 0 aromatic heterocycles. The Morgan fingerprint density at radius 1 is 1.29 bits per heavy atom. The van der Waals surface area contributed by atoms with E-state index in [4.69, 9.17) is 14.6 Å². The Kier molecular flexibility index (Phi) is 5.78. The summed E-state index contributed by atoms with van der Waals surface area (Å²) in [5, 5.41) is 11.3. The lowest BCUT2D eigenvalue weighted by atomic mass is 10.1. The molecule has 0 aliphatic carbocycles. The van der Waals surface area contributed by atoms with E-state index in [2.05, 4.69) is 5.32 Å². The maximum Gasteiger partial charge on any atom is 0.352 e. The monoisotopic (exact) mass is 293 g/mol. The summed E-state index contributed by atoms with van der Waals surface area (Å²) < 4.78 is 10.8. The first kappa shape index (κ1) is 16.6. The lowest BCUT2D eigenvalue weighted by molar-refractivity contribution is -0.134. The minimum Gasteiger partial charge on any atom is -0.493 e. The van der Waals surface area contributed by atoms with Gasteiger partial charge in [-0.05, 0) is 37.6 Å². The van der Waals surface area contributed by atoms with Crippen molar-refractivity contribution in [2.75, 3.05) is 7.11 Å². The predicted octanol–water partition coefficient (Wildman–Crippen LogP) is 2.04. The van der Waals surface area contributed by atoms with Gasteiger partial charge < -0.3 is 19.9 Å². The van der Waals surface area contributed by atoms with Crippen molar-refractivity contribution >= 4 is 18.0 Å². The molecule has 6 heteroatoms. The van der Waals surface area contributed by atoms with Crippen molar-refractivity contribution in [3.63, 3.8) is 0 Å². The van der Waals surface area contributed by atoms with Crippen molar-refractivity contribution in [3.8, 4) is 11.5 Å². The van der Waals surface area contributed by atoms with Crippen LogP contribution in [0.5, 0.6) is 11.5 Å². The van der Waals surface area contributed by atoms with Gasteiger partial charge in [-0.15, -0.1) is 0 Å². The van der Waals surface area contributed by atoms with Crippen molar-refractivity contribution in [1.82, 2.24) is 5.32 Å². The van der Waals surface area contributed by atoms with Crippen LogP contribution < -0.4 is 14.8 Å². The van der Waals surface area contributed by atoms with Gasteiger partial charge in [0.15, 0.2) is 11.5 Å². The van der Waals surface area contributed by atoms with E-state index in [-0.39, 0.29) is 11.8 Å². The Morgan fingerprint density at radius 3 is 2.43 bits per heavy atom. The van der Waals surface area contributed by atoms with Crippen LogP contribution in [-0.2, 0) is 9.59 Å². The third-order valence-corrected chi connectivity index (χ3v) is 2.40. The number of carbonyl (C=O) groups excluding carboxylic acids is 1. The van der Waals surface area contributed by atoms with Gasteiger partial charge in [-0.1, -0.05) is 6.07 Å². The molecule has 1 aromatic rings. The van der Waals surface area contributed by atoms with E-state index in [1.54, 1.807) is 18.2 Å². The van der Waals surface area contributed by atoms with Gasteiger partial charge in [0.1, 0.15) is 5.70 Å². The topological polar surface area (TPSA) is 84.9 Å². The molecule has 2 N–H and O–H groups in total. The zero-order chi connectivity index (χ0) is 16.0. The molecule has 1 rings (SSSR count). The second kappa shape index (κ2) is 7.33. The van der Waals surface area contributed by atoms with Gasteiger partial charge in [0.05, 0.1) is 13.2 Å². The number of carbonyl (C=O) groups is 2. The Balaban J connectivity index is 3.13. The molecule has 0 bridgehead atoms. The molecule has 114 valence electrons. The molecular weight excluding hydrogens is 274 g/mol. The number of hydrogen-bond acceptors (Lipinski definition) is 4. The van der Waals surface area contributed by atoms with Crippen molar-refractivity contribution in [2.24, 2.45) is 0 Å². The zero-order valence-corrected chi connectivity index (χ0v) is 12.5. The fourth-order valence-electron chi connectivity index (χ4n) is 1.63. The van der Waals surface area contributed by atoms with Crippen LogP contribution in [0.3, 0.4) is 0 Å². The summed E-state index contributed by atoms with van der Waals surface area (Å²) >= 11 is 0. The SMILES string of the molecule is COc1cc(C=C(NC(C)=O)C(=O)O)ccc1OC(C)C. The summed E-state index contributed by atoms with van der Waals surface area (Å²) in [7, 11) is 1.50. The van der Waals surface area contributed by atoms with E-state index in [1.165, 1.54) is 20.1 Å². The Hall–Kier alpha value is -2.50. The first-order chi connectivity index (χ1) is 9.83. The van der Waals surface area contributed by atoms with E-state index in [9.17, 15) is 9.59 Å². The number of hydrogen-bond donors (Lipinski definition) is 2. The maximum absolute atomic E-state index is 11.1. The van der Waals surface area contributed by atoms with Gasteiger partial charge in [0, 0.05) is 6.92 Å². The Labute approximate surface area is 123 Å². The molecule has 6 nitrogen and oxygen atoms in total. The first-order valence-electron chi connectivity index (χ1n) is 6.40. The molecule has 0 aliphatic rings. The smallest absolute Gasteiger partial charge is 0.352 e. The number of nitrogens with one attached hydrogen (secondary N) is 1. The molecule has 0 heterocycles. The normalized spacial score (nSPS) is 11.2. The number of carboxylic acid groups (broad SMARTS) is 1. The molecular formula is C15H19NO5. The van der Waals surface area contributed by atoms with Gasteiger partial charge in [0.2, 0.25) is 5.91 Å². The van der Waals surface area contributed by atoms with Crippen molar-refractivity contribution in [3.05, 3.63) is 29.5 Å². The standard InChI is InChI=1S/C15H19NO5/c1-9(2)21-13-6-5-11(8-14(13)20-4)7-12(15(18)19)16-10(3)17/h5-9H,1-4H3,(H,16,17)(H,18,19). The highest BCUT2D eigenvalue weighted by atomic mass is 16.5. The zero-order valence-electron chi connectivity index (χ0n) is 12.5. The summed E-state index contributed by atoms with van der Waals surface area (Å²) in [6.45, 7) is 5.04. The fourth-order valence-corrected chi connectivity index (χ4v) is 1.63. The molecule has 0 radical (unpaired) electrons. The van der Waals surface area contributed by atoms with Crippen LogP contribution in [0.1, 0.15) is 26.3 Å². The highest BCUT2D eigenvalue weighted by Gasteiger charge is 2.11. The summed E-state index contributed by atoms with van der Waals surface area (Å²) in [6, 6.07) is 5.02. The number of carboxylic acids is 1. The largest absolute Gasteiger partial charge is 0.493 e. The molecule has 0 atom stereocenters. The van der Waals surface area contributed by atoms with Gasteiger partial charge in [0.25, 0.3) is 0 Å². The summed E-state index contributed by atoms with van der Waals surface area (Å²) in [5.74, 6) is -0.604. The van der Waals surface area contributed by atoms with E-state index in [0.717, 1.165) is 0 Å². The number of benzene rings is 1. The summed E-state index contributed by atoms with van der Waals surface area (Å²) in [5.41, 5.74) is 0.371. The summed E-state index contributed by atoms with van der Waals surface area (Å²) in [6.07, 6.45) is 1.35. The molecule has 0 saturated carbocycles. The first-order valence-corrected chi connectivity index (χ1v) is 6.40. The van der Waals surface area contributed by atoms with Crippen molar-refractivity contribution < 1.29 is 24.2 Å². The molecule has 21 heavy (non-hydrogen) atoms. The number of rotatable bonds is 6. The minimum atomic E-state index is -1.22. The average molecular weight is 293 g/mol. The van der Waals surface area contributed by atoms with Crippen LogP contribution >= 0.6 is 0 Å². The average Bonchev–Trinajstić information content (AvgIpc) is 2.38. The van der Waals surface area contributed by atoms with E-state index >= 15 is 0 Å². The van der Waals surface area contributed by atoms with E-state index < -0.39 is 11.9 Å². The minimum absolute atomic E-state index is 0.00532. The van der Waals surface area contributed by atoms with Crippen LogP contribution in [0.2, 0.25) is 0 Å². The lowest BCUT2D eigenvalue weighted by Crippen LogP contribution is -2.24. The highest BCUT2D eigenvalue weighted by Crippen LogP contribution is 2.29. The van der Waals surface area contributed by atoms with Crippen LogP contribution in [0.25, 0.3) is 6.08 Å². The number of aliphatic carboxylic acids is 1. The molecule has 0 unspecified atom stereocenters. The predicted molar refractivity (Wildman–Crippen MR) is 78.2 cm³/mol.